The van der Waals surface area contributed by atoms with Gasteiger partial charge in [0.25, 0.3) is 0 Å². The Hall–Kier alpha value is -3.25. The Morgan fingerprint density at radius 3 is 2.61 bits per heavy atom. The zero-order valence-corrected chi connectivity index (χ0v) is 16.0. The van der Waals surface area contributed by atoms with Gasteiger partial charge in [0, 0.05) is 24.4 Å². The number of hydrogen-bond acceptors (Lipinski definition) is 5. The number of aryl methyl sites for hydroxylation is 1. The average Bonchev–Trinajstić information content (AvgIpc) is 3.08. The van der Waals surface area contributed by atoms with Crippen LogP contribution in [0.1, 0.15) is 10.6 Å². The van der Waals surface area contributed by atoms with Crippen molar-refractivity contribution in [1.82, 2.24) is 9.97 Å². The van der Waals surface area contributed by atoms with E-state index >= 15 is 0 Å². The molecule has 0 saturated heterocycles. The highest BCUT2D eigenvalue weighted by Crippen LogP contribution is 2.38. The van der Waals surface area contributed by atoms with E-state index in [2.05, 4.69) is 15.3 Å². The minimum atomic E-state index is -0.244. The number of rotatable bonds is 6. The smallest absolute Gasteiger partial charge is 0.208 e. The second-order valence-corrected chi connectivity index (χ2v) is 7.36. The molecule has 0 aliphatic rings. The number of pyridine rings is 1. The van der Waals surface area contributed by atoms with Crippen LogP contribution in [0.2, 0.25) is 0 Å². The molecule has 0 amide bonds. The van der Waals surface area contributed by atoms with Gasteiger partial charge in [0.15, 0.2) is 0 Å². The van der Waals surface area contributed by atoms with Gasteiger partial charge >= 0.3 is 0 Å². The van der Waals surface area contributed by atoms with Crippen LogP contribution in [-0.4, -0.2) is 9.97 Å². The fourth-order valence-corrected chi connectivity index (χ4v) is 3.53. The van der Waals surface area contributed by atoms with Gasteiger partial charge < -0.3 is 10.1 Å². The van der Waals surface area contributed by atoms with Crippen molar-refractivity contribution in [3.05, 3.63) is 89.3 Å². The molecule has 4 rings (SSSR count). The van der Waals surface area contributed by atoms with Crippen molar-refractivity contribution < 1.29 is 9.13 Å². The van der Waals surface area contributed by atoms with Gasteiger partial charge in [0.2, 0.25) is 5.06 Å². The number of aromatic nitrogens is 2. The fourth-order valence-electron chi connectivity index (χ4n) is 2.73. The predicted molar refractivity (Wildman–Crippen MR) is 110 cm³/mol. The summed E-state index contributed by atoms with van der Waals surface area (Å²) in [5, 5.41) is 4.92. The van der Waals surface area contributed by atoms with Crippen LogP contribution in [0.3, 0.4) is 0 Å². The van der Waals surface area contributed by atoms with Crippen LogP contribution in [-0.2, 0) is 6.54 Å². The molecule has 0 spiro atoms. The van der Waals surface area contributed by atoms with Crippen molar-refractivity contribution >= 4 is 17.2 Å². The van der Waals surface area contributed by atoms with E-state index in [9.17, 15) is 4.39 Å². The number of halogens is 1. The first kappa shape index (κ1) is 18.1. The summed E-state index contributed by atoms with van der Waals surface area (Å²) < 4.78 is 19.1. The molecule has 0 aliphatic heterocycles. The average molecular weight is 391 g/mol. The van der Waals surface area contributed by atoms with E-state index in [4.69, 9.17) is 4.74 Å². The summed E-state index contributed by atoms with van der Waals surface area (Å²) in [5.74, 6) is 1.12. The number of benzene rings is 2. The molecule has 0 bridgehead atoms. The summed E-state index contributed by atoms with van der Waals surface area (Å²) in [6, 6.07) is 20.0. The highest BCUT2D eigenvalue weighted by Gasteiger charge is 2.13. The molecule has 4 aromatic rings. The van der Waals surface area contributed by atoms with Gasteiger partial charge in [-0.25, -0.2) is 14.4 Å². The molecule has 6 heteroatoms. The summed E-state index contributed by atoms with van der Waals surface area (Å²) in [6.45, 7) is 2.51. The van der Waals surface area contributed by atoms with Gasteiger partial charge in [-0.05, 0) is 30.7 Å². The number of thiazole rings is 1. The van der Waals surface area contributed by atoms with E-state index in [0.717, 1.165) is 26.9 Å². The highest BCUT2D eigenvalue weighted by atomic mass is 32.1. The van der Waals surface area contributed by atoms with Crippen LogP contribution in [0.15, 0.2) is 72.9 Å². The molecule has 4 nitrogen and oxygen atoms in total. The van der Waals surface area contributed by atoms with Crippen molar-refractivity contribution in [2.24, 2.45) is 0 Å². The Balaban J connectivity index is 1.50. The predicted octanol–water partition coefficient (Wildman–Crippen LogP) is 6.06. The maximum Gasteiger partial charge on any atom is 0.208 e. The van der Waals surface area contributed by atoms with Crippen LogP contribution < -0.4 is 10.1 Å². The summed E-state index contributed by atoms with van der Waals surface area (Å²) >= 11 is 1.51. The minimum Gasteiger partial charge on any atom is -0.444 e. The fraction of sp³-hybridized carbons (Fsp3) is 0.0909. The number of anilines is 1. The molecule has 0 unspecified atom stereocenters. The standard InChI is InChI=1S/C22H18FN3OS/c1-15-26-21(17-5-3-2-4-6-17)22(28-15)27-19-11-12-24-20(13-19)25-14-16-7-9-18(23)10-8-16/h2-13H,14H2,1H3,(H,24,25). The van der Waals surface area contributed by atoms with E-state index < -0.39 is 0 Å². The van der Waals surface area contributed by atoms with Gasteiger partial charge in [-0.2, -0.15) is 0 Å². The van der Waals surface area contributed by atoms with Gasteiger partial charge in [0.05, 0.1) is 5.01 Å². The van der Waals surface area contributed by atoms with Crippen molar-refractivity contribution in [3.8, 4) is 22.1 Å². The second-order valence-electron chi connectivity index (χ2n) is 6.19. The highest BCUT2D eigenvalue weighted by molar-refractivity contribution is 7.13. The Kier molecular flexibility index (Phi) is 5.30. The molecule has 0 saturated carbocycles. The Labute approximate surface area is 166 Å². The number of ether oxygens (including phenoxy) is 1. The lowest BCUT2D eigenvalue weighted by molar-refractivity contribution is 0.496. The summed E-state index contributed by atoms with van der Waals surface area (Å²) in [5.41, 5.74) is 2.82. The molecule has 140 valence electrons. The van der Waals surface area contributed by atoms with Gasteiger partial charge in [-0.1, -0.05) is 53.8 Å². The first-order valence-corrected chi connectivity index (χ1v) is 9.64. The monoisotopic (exact) mass is 391 g/mol. The van der Waals surface area contributed by atoms with Crippen molar-refractivity contribution in [2.45, 2.75) is 13.5 Å². The molecule has 0 atom stereocenters. The Bertz CT molecular complexity index is 1060. The molecule has 0 fully saturated rings. The molecule has 28 heavy (non-hydrogen) atoms. The first-order chi connectivity index (χ1) is 13.7. The third kappa shape index (κ3) is 4.35. The van der Waals surface area contributed by atoms with Crippen molar-refractivity contribution in [2.75, 3.05) is 5.32 Å². The molecular formula is C22H18FN3OS. The van der Waals surface area contributed by atoms with E-state index in [0.29, 0.717) is 18.1 Å². The summed E-state index contributed by atoms with van der Waals surface area (Å²) in [6.07, 6.45) is 1.69. The van der Waals surface area contributed by atoms with Crippen LogP contribution in [0.25, 0.3) is 11.3 Å². The van der Waals surface area contributed by atoms with Gasteiger partial charge in [-0.15, -0.1) is 0 Å². The van der Waals surface area contributed by atoms with E-state index in [1.807, 2.05) is 49.4 Å². The maximum absolute atomic E-state index is 13.0. The lowest BCUT2D eigenvalue weighted by Gasteiger charge is -2.09. The molecule has 0 aliphatic carbocycles. The molecule has 2 aromatic carbocycles. The number of hydrogen-bond donors (Lipinski definition) is 1. The topological polar surface area (TPSA) is 47.0 Å². The van der Waals surface area contributed by atoms with Crippen LogP contribution in [0, 0.1) is 12.7 Å². The molecular weight excluding hydrogens is 373 g/mol. The number of nitrogens with zero attached hydrogens (tertiary/aromatic N) is 2. The number of nitrogens with one attached hydrogen (secondary N) is 1. The molecule has 1 N–H and O–H groups in total. The van der Waals surface area contributed by atoms with E-state index in [1.165, 1.54) is 23.5 Å². The summed E-state index contributed by atoms with van der Waals surface area (Å²) in [4.78, 5) is 8.94. The first-order valence-electron chi connectivity index (χ1n) is 8.82. The van der Waals surface area contributed by atoms with Gasteiger partial charge in [-0.3, -0.25) is 0 Å². The van der Waals surface area contributed by atoms with E-state index in [1.54, 1.807) is 18.3 Å². The minimum absolute atomic E-state index is 0.244. The quantitative estimate of drug-likeness (QED) is 0.434. The molecule has 2 heterocycles. The second kappa shape index (κ2) is 8.19. The Morgan fingerprint density at radius 2 is 1.82 bits per heavy atom. The van der Waals surface area contributed by atoms with Crippen LogP contribution in [0.5, 0.6) is 10.8 Å². The Morgan fingerprint density at radius 1 is 1.04 bits per heavy atom. The van der Waals surface area contributed by atoms with Crippen molar-refractivity contribution in [3.63, 3.8) is 0 Å². The lowest BCUT2D eigenvalue weighted by Crippen LogP contribution is -2.01. The SMILES string of the molecule is Cc1nc(-c2ccccc2)c(Oc2ccnc(NCc3ccc(F)cc3)c2)s1. The van der Waals surface area contributed by atoms with Crippen LogP contribution in [0.4, 0.5) is 10.2 Å². The zero-order chi connectivity index (χ0) is 19.3. The zero-order valence-electron chi connectivity index (χ0n) is 15.2. The molecule has 2 aromatic heterocycles. The van der Waals surface area contributed by atoms with E-state index in [-0.39, 0.29) is 5.82 Å². The normalized spacial score (nSPS) is 10.6. The molecule has 0 radical (unpaired) electrons. The third-order valence-corrected chi connectivity index (χ3v) is 4.93. The van der Waals surface area contributed by atoms with Crippen LogP contribution >= 0.6 is 11.3 Å². The third-order valence-electron chi connectivity index (χ3n) is 4.08. The summed E-state index contributed by atoms with van der Waals surface area (Å²) in [7, 11) is 0. The van der Waals surface area contributed by atoms with Crippen molar-refractivity contribution in [1.29, 1.82) is 0 Å². The largest absolute Gasteiger partial charge is 0.444 e. The maximum atomic E-state index is 13.0. The van der Waals surface area contributed by atoms with Gasteiger partial charge in [0.1, 0.15) is 23.1 Å². The lowest BCUT2D eigenvalue weighted by atomic mass is 10.2.